The second kappa shape index (κ2) is 6.96. The number of rotatable bonds is 4. The molecule has 0 aromatic heterocycles. The number of hydrogen-bond donors (Lipinski definition) is 1. The van der Waals surface area contributed by atoms with Crippen LogP contribution in [-0.4, -0.2) is 18.6 Å². The minimum absolute atomic E-state index is 0.251. The highest BCUT2D eigenvalue weighted by Crippen LogP contribution is 2.31. The van der Waals surface area contributed by atoms with Crippen LogP contribution in [0.5, 0.6) is 5.75 Å². The lowest BCUT2D eigenvalue weighted by Gasteiger charge is -2.12. The van der Waals surface area contributed by atoms with Crippen LogP contribution in [0.25, 0.3) is 0 Å². The quantitative estimate of drug-likeness (QED) is 0.884. The Morgan fingerprint density at radius 1 is 1.20 bits per heavy atom. The maximum atomic E-state index is 12.5. The van der Waals surface area contributed by atoms with Gasteiger partial charge in [-0.15, -0.1) is 0 Å². The van der Waals surface area contributed by atoms with E-state index in [1.807, 2.05) is 0 Å². The lowest BCUT2D eigenvalue weighted by atomic mass is 10.1. The lowest BCUT2D eigenvalue weighted by Crippen LogP contribution is -2.38. The number of benzene rings is 2. The average molecular weight is 370 g/mol. The molecule has 2 aromatic carbocycles. The Bertz CT molecular complexity index is 775. The summed E-state index contributed by atoms with van der Waals surface area (Å²) < 4.78 is 43.1. The van der Waals surface area contributed by atoms with Crippen LogP contribution in [0.1, 0.15) is 16.7 Å². The number of fused-ring (bicyclic) bond motifs is 1. The smallest absolute Gasteiger partial charge is 0.416 e. The Morgan fingerprint density at radius 3 is 2.60 bits per heavy atom. The highest BCUT2D eigenvalue weighted by Gasteiger charge is 2.30. The zero-order chi connectivity index (χ0) is 18.0. The molecule has 7 heteroatoms. The Labute approximate surface area is 147 Å². The number of nitrogens with one attached hydrogen (secondary N) is 1. The van der Waals surface area contributed by atoms with Crippen molar-refractivity contribution >= 4 is 17.5 Å². The largest absolute Gasteiger partial charge is 0.480 e. The summed E-state index contributed by atoms with van der Waals surface area (Å²) in [6.07, 6.45) is -4.07. The van der Waals surface area contributed by atoms with E-state index in [0.29, 0.717) is 30.2 Å². The van der Waals surface area contributed by atoms with Crippen molar-refractivity contribution < 1.29 is 22.7 Å². The molecule has 3 rings (SSSR count). The number of alkyl halides is 3. The van der Waals surface area contributed by atoms with Crippen LogP contribution in [0.15, 0.2) is 42.5 Å². The first kappa shape index (κ1) is 17.6. The molecule has 1 aliphatic heterocycles. The molecule has 1 N–H and O–H groups in total. The van der Waals surface area contributed by atoms with Crippen molar-refractivity contribution in [1.82, 2.24) is 5.32 Å². The van der Waals surface area contributed by atoms with Gasteiger partial charge in [0.1, 0.15) is 5.75 Å². The molecule has 0 saturated carbocycles. The van der Waals surface area contributed by atoms with Gasteiger partial charge in [0.25, 0.3) is 5.91 Å². The van der Waals surface area contributed by atoms with Gasteiger partial charge in [-0.05, 0) is 47.9 Å². The minimum atomic E-state index is -4.34. The predicted molar refractivity (Wildman–Crippen MR) is 87.7 cm³/mol. The van der Waals surface area contributed by atoms with Gasteiger partial charge in [0, 0.05) is 18.0 Å². The molecule has 1 aliphatic rings. The van der Waals surface area contributed by atoms with Crippen LogP contribution < -0.4 is 10.1 Å². The standard InChI is InChI=1S/C18H15ClF3NO2/c19-14-5-6-15-12(9-14)10-16(25-15)17(24)23-8-7-11-1-3-13(4-2-11)18(20,21)22/h1-6,9,16H,7-8,10H2,(H,23,24)/t16-/m0/s1. The van der Waals surface area contributed by atoms with Crippen molar-refractivity contribution in [2.45, 2.75) is 25.1 Å². The van der Waals surface area contributed by atoms with E-state index in [-0.39, 0.29) is 5.91 Å². The third kappa shape index (κ3) is 4.25. The first-order valence-electron chi connectivity index (χ1n) is 7.72. The third-order valence-corrected chi connectivity index (χ3v) is 4.22. The van der Waals surface area contributed by atoms with Crippen molar-refractivity contribution in [3.63, 3.8) is 0 Å². The SMILES string of the molecule is O=C(NCCc1ccc(C(F)(F)F)cc1)[C@@H]1Cc2cc(Cl)ccc2O1. The van der Waals surface area contributed by atoms with Crippen LogP contribution in [0.4, 0.5) is 13.2 Å². The van der Waals surface area contributed by atoms with Crippen LogP contribution >= 0.6 is 11.6 Å². The van der Waals surface area contributed by atoms with Crippen LogP contribution in [0, 0.1) is 0 Å². The van der Waals surface area contributed by atoms with Gasteiger partial charge in [-0.1, -0.05) is 23.7 Å². The fourth-order valence-corrected chi connectivity index (χ4v) is 2.86. The molecular formula is C18H15ClF3NO2. The van der Waals surface area contributed by atoms with Gasteiger partial charge in [0.15, 0.2) is 6.10 Å². The third-order valence-electron chi connectivity index (χ3n) is 3.98. The number of carbonyl (C=O) groups is 1. The zero-order valence-electron chi connectivity index (χ0n) is 13.1. The fraction of sp³-hybridized carbons (Fsp3) is 0.278. The molecule has 25 heavy (non-hydrogen) atoms. The maximum Gasteiger partial charge on any atom is 0.416 e. The van der Waals surface area contributed by atoms with E-state index in [0.717, 1.165) is 23.3 Å². The highest BCUT2D eigenvalue weighted by molar-refractivity contribution is 6.30. The molecule has 0 bridgehead atoms. The van der Waals surface area contributed by atoms with E-state index in [9.17, 15) is 18.0 Å². The Morgan fingerprint density at radius 2 is 1.92 bits per heavy atom. The Hall–Kier alpha value is -2.21. The molecule has 0 fully saturated rings. The Kier molecular flexibility index (Phi) is 4.90. The summed E-state index contributed by atoms with van der Waals surface area (Å²) in [6, 6.07) is 10.1. The monoisotopic (exact) mass is 369 g/mol. The number of ether oxygens (including phenoxy) is 1. The van der Waals surface area contributed by atoms with Crippen molar-refractivity contribution in [1.29, 1.82) is 0 Å². The van der Waals surface area contributed by atoms with Crippen LogP contribution in [0.3, 0.4) is 0 Å². The molecule has 0 spiro atoms. The molecule has 1 heterocycles. The molecule has 0 radical (unpaired) electrons. The summed E-state index contributed by atoms with van der Waals surface area (Å²) in [5, 5.41) is 3.34. The summed E-state index contributed by atoms with van der Waals surface area (Å²) in [6.45, 7) is 0.321. The van der Waals surface area contributed by atoms with Crippen LogP contribution in [0.2, 0.25) is 5.02 Å². The average Bonchev–Trinajstić information content (AvgIpc) is 2.97. The van der Waals surface area contributed by atoms with Crippen molar-refractivity contribution in [2.75, 3.05) is 6.54 Å². The van der Waals surface area contributed by atoms with Gasteiger partial charge < -0.3 is 10.1 Å². The zero-order valence-corrected chi connectivity index (χ0v) is 13.8. The molecular weight excluding hydrogens is 355 g/mol. The summed E-state index contributed by atoms with van der Waals surface area (Å²) in [5.41, 5.74) is 0.919. The van der Waals surface area contributed by atoms with E-state index in [2.05, 4.69) is 5.32 Å². The van der Waals surface area contributed by atoms with E-state index in [1.54, 1.807) is 18.2 Å². The van der Waals surface area contributed by atoms with Crippen molar-refractivity contribution in [2.24, 2.45) is 0 Å². The van der Waals surface area contributed by atoms with Crippen molar-refractivity contribution in [3.05, 3.63) is 64.2 Å². The van der Waals surface area contributed by atoms with Gasteiger partial charge in [0.2, 0.25) is 0 Å². The summed E-state index contributed by atoms with van der Waals surface area (Å²) in [5.74, 6) is 0.395. The molecule has 0 aliphatic carbocycles. The molecule has 0 saturated heterocycles. The summed E-state index contributed by atoms with van der Waals surface area (Å²) in [4.78, 5) is 12.2. The molecule has 0 unspecified atom stereocenters. The maximum absolute atomic E-state index is 12.5. The normalized spacial score (nSPS) is 16.2. The molecule has 1 atom stereocenters. The van der Waals surface area contributed by atoms with E-state index in [1.165, 1.54) is 12.1 Å². The molecule has 132 valence electrons. The summed E-state index contributed by atoms with van der Waals surface area (Å²) in [7, 11) is 0. The number of amides is 1. The lowest BCUT2D eigenvalue weighted by molar-refractivity contribution is -0.137. The van der Waals surface area contributed by atoms with E-state index in [4.69, 9.17) is 16.3 Å². The van der Waals surface area contributed by atoms with Crippen molar-refractivity contribution in [3.8, 4) is 5.75 Å². The minimum Gasteiger partial charge on any atom is -0.480 e. The number of halogens is 4. The molecule has 3 nitrogen and oxygen atoms in total. The second-order valence-electron chi connectivity index (χ2n) is 5.80. The second-order valence-corrected chi connectivity index (χ2v) is 6.23. The van der Waals surface area contributed by atoms with Crippen LogP contribution in [-0.2, 0) is 23.8 Å². The van der Waals surface area contributed by atoms with Gasteiger partial charge in [-0.25, -0.2) is 0 Å². The van der Waals surface area contributed by atoms with E-state index < -0.39 is 17.8 Å². The Balaban J connectivity index is 1.49. The molecule has 2 aromatic rings. The summed E-state index contributed by atoms with van der Waals surface area (Å²) >= 11 is 5.91. The predicted octanol–water partition coefficient (Wildman–Crippen LogP) is 4.02. The van der Waals surface area contributed by atoms with Gasteiger partial charge in [-0.2, -0.15) is 13.2 Å². The van der Waals surface area contributed by atoms with Gasteiger partial charge in [-0.3, -0.25) is 4.79 Å². The fourth-order valence-electron chi connectivity index (χ4n) is 2.67. The number of hydrogen-bond acceptors (Lipinski definition) is 2. The number of carbonyl (C=O) groups excluding carboxylic acids is 1. The molecule has 1 amide bonds. The van der Waals surface area contributed by atoms with Gasteiger partial charge >= 0.3 is 6.18 Å². The van der Waals surface area contributed by atoms with Gasteiger partial charge in [0.05, 0.1) is 5.56 Å². The first-order chi connectivity index (χ1) is 11.8. The first-order valence-corrected chi connectivity index (χ1v) is 8.09. The highest BCUT2D eigenvalue weighted by atomic mass is 35.5. The topological polar surface area (TPSA) is 38.3 Å². The van der Waals surface area contributed by atoms with E-state index >= 15 is 0 Å².